The van der Waals surface area contributed by atoms with Gasteiger partial charge in [-0.05, 0) is 38.0 Å². The predicted molar refractivity (Wildman–Crippen MR) is 89.4 cm³/mol. The molecule has 0 radical (unpaired) electrons. The van der Waals surface area contributed by atoms with Crippen molar-refractivity contribution in [2.45, 2.75) is 26.7 Å². The summed E-state index contributed by atoms with van der Waals surface area (Å²) in [5.74, 6) is 1.22. The molecule has 0 spiro atoms. The van der Waals surface area contributed by atoms with Gasteiger partial charge >= 0.3 is 0 Å². The molecule has 1 N–H and O–H groups in total. The Morgan fingerprint density at radius 2 is 2.00 bits per heavy atom. The van der Waals surface area contributed by atoms with E-state index in [1.807, 2.05) is 43.1 Å². The molecule has 0 saturated carbocycles. The SMILES string of the molecule is Cc1n[nH]c(C)c1CCC(=O)N1CCN(c2ccccn2)CC1. The summed E-state index contributed by atoms with van der Waals surface area (Å²) in [5.41, 5.74) is 3.23. The zero-order chi connectivity index (χ0) is 16.2. The number of anilines is 1. The van der Waals surface area contributed by atoms with Gasteiger partial charge in [0.05, 0.1) is 5.69 Å². The van der Waals surface area contributed by atoms with Gasteiger partial charge < -0.3 is 9.80 Å². The average Bonchev–Trinajstić information content (AvgIpc) is 2.92. The fraction of sp³-hybridized carbons (Fsp3) is 0.471. The molecule has 0 aromatic carbocycles. The highest BCUT2D eigenvalue weighted by molar-refractivity contribution is 5.76. The molecule has 6 heteroatoms. The van der Waals surface area contributed by atoms with Crippen molar-refractivity contribution in [3.05, 3.63) is 41.3 Å². The van der Waals surface area contributed by atoms with Crippen LogP contribution in [0.4, 0.5) is 5.82 Å². The topological polar surface area (TPSA) is 65.1 Å². The summed E-state index contributed by atoms with van der Waals surface area (Å²) in [6, 6.07) is 5.93. The lowest BCUT2D eigenvalue weighted by molar-refractivity contribution is -0.131. The van der Waals surface area contributed by atoms with Crippen LogP contribution in [0, 0.1) is 13.8 Å². The first-order valence-corrected chi connectivity index (χ1v) is 8.09. The minimum absolute atomic E-state index is 0.227. The molecule has 0 atom stereocenters. The van der Waals surface area contributed by atoms with Crippen molar-refractivity contribution >= 4 is 11.7 Å². The lowest BCUT2D eigenvalue weighted by Crippen LogP contribution is -2.49. The van der Waals surface area contributed by atoms with Gasteiger partial charge in [0.15, 0.2) is 0 Å². The standard InChI is InChI=1S/C17H23N5O/c1-13-15(14(2)20-19-13)6-7-17(23)22-11-9-21(10-12-22)16-5-3-4-8-18-16/h3-5,8H,6-7,9-12H2,1-2H3,(H,19,20). The van der Waals surface area contributed by atoms with Gasteiger partial charge in [0.2, 0.25) is 5.91 Å². The molecule has 2 aromatic rings. The molecular formula is C17H23N5O. The molecule has 1 aliphatic rings. The van der Waals surface area contributed by atoms with Gasteiger partial charge in [0.25, 0.3) is 0 Å². The first-order valence-electron chi connectivity index (χ1n) is 8.09. The monoisotopic (exact) mass is 313 g/mol. The Balaban J connectivity index is 1.50. The summed E-state index contributed by atoms with van der Waals surface area (Å²) in [5, 5.41) is 7.16. The molecule has 0 bridgehead atoms. The Morgan fingerprint density at radius 1 is 1.22 bits per heavy atom. The normalized spacial score (nSPS) is 15.0. The Labute approximate surface area is 136 Å². The number of nitrogens with one attached hydrogen (secondary N) is 1. The molecule has 23 heavy (non-hydrogen) atoms. The van der Waals surface area contributed by atoms with E-state index >= 15 is 0 Å². The fourth-order valence-electron chi connectivity index (χ4n) is 3.06. The van der Waals surface area contributed by atoms with Gasteiger partial charge in [-0.1, -0.05) is 6.07 Å². The van der Waals surface area contributed by atoms with Gasteiger partial charge in [-0.25, -0.2) is 4.98 Å². The second-order valence-corrected chi connectivity index (χ2v) is 5.97. The van der Waals surface area contributed by atoms with E-state index in [9.17, 15) is 4.79 Å². The molecule has 3 heterocycles. The third-order valence-corrected chi connectivity index (χ3v) is 4.48. The second-order valence-electron chi connectivity index (χ2n) is 5.97. The number of hydrogen-bond donors (Lipinski definition) is 1. The number of carbonyl (C=O) groups is 1. The first kappa shape index (κ1) is 15.5. The molecule has 1 fully saturated rings. The summed E-state index contributed by atoms with van der Waals surface area (Å²) in [7, 11) is 0. The number of hydrogen-bond acceptors (Lipinski definition) is 4. The van der Waals surface area contributed by atoms with E-state index in [1.54, 1.807) is 0 Å². The van der Waals surface area contributed by atoms with Crippen LogP contribution < -0.4 is 4.90 Å². The molecule has 2 aromatic heterocycles. The fourth-order valence-corrected chi connectivity index (χ4v) is 3.06. The number of aromatic amines is 1. The van der Waals surface area contributed by atoms with E-state index < -0.39 is 0 Å². The van der Waals surface area contributed by atoms with Crippen molar-refractivity contribution in [2.24, 2.45) is 0 Å². The summed E-state index contributed by atoms with van der Waals surface area (Å²) in [6.45, 7) is 7.19. The Kier molecular flexibility index (Phi) is 4.60. The Morgan fingerprint density at radius 3 is 2.61 bits per heavy atom. The summed E-state index contributed by atoms with van der Waals surface area (Å²) in [6.07, 6.45) is 3.11. The number of nitrogens with zero attached hydrogens (tertiary/aromatic N) is 4. The van der Waals surface area contributed by atoms with Gasteiger partial charge in [-0.2, -0.15) is 5.10 Å². The number of aromatic nitrogens is 3. The second kappa shape index (κ2) is 6.81. The van der Waals surface area contributed by atoms with E-state index in [4.69, 9.17) is 0 Å². The van der Waals surface area contributed by atoms with Crippen molar-refractivity contribution in [2.75, 3.05) is 31.1 Å². The van der Waals surface area contributed by atoms with Crippen molar-refractivity contribution in [3.8, 4) is 0 Å². The van der Waals surface area contributed by atoms with Crippen LogP contribution in [-0.4, -0.2) is 52.2 Å². The minimum Gasteiger partial charge on any atom is -0.353 e. The van der Waals surface area contributed by atoms with Crippen LogP contribution >= 0.6 is 0 Å². The molecule has 0 aliphatic carbocycles. The highest BCUT2D eigenvalue weighted by Gasteiger charge is 2.22. The van der Waals surface area contributed by atoms with Gasteiger partial charge in [-0.15, -0.1) is 0 Å². The summed E-state index contributed by atoms with van der Waals surface area (Å²) >= 11 is 0. The maximum absolute atomic E-state index is 12.4. The summed E-state index contributed by atoms with van der Waals surface area (Å²) < 4.78 is 0. The number of amides is 1. The van der Waals surface area contributed by atoms with Crippen LogP contribution in [0.15, 0.2) is 24.4 Å². The number of rotatable bonds is 4. The maximum atomic E-state index is 12.4. The van der Waals surface area contributed by atoms with E-state index in [1.165, 1.54) is 5.56 Å². The van der Waals surface area contributed by atoms with E-state index in [0.717, 1.165) is 49.8 Å². The smallest absolute Gasteiger partial charge is 0.223 e. The third kappa shape index (κ3) is 3.52. The highest BCUT2D eigenvalue weighted by atomic mass is 16.2. The van der Waals surface area contributed by atoms with E-state index in [2.05, 4.69) is 20.1 Å². The highest BCUT2D eigenvalue weighted by Crippen LogP contribution is 2.15. The van der Waals surface area contributed by atoms with Crippen molar-refractivity contribution < 1.29 is 4.79 Å². The molecule has 6 nitrogen and oxygen atoms in total. The van der Waals surface area contributed by atoms with Gasteiger partial charge in [0.1, 0.15) is 5.82 Å². The number of pyridine rings is 1. The van der Waals surface area contributed by atoms with Crippen LogP contribution in [-0.2, 0) is 11.2 Å². The lowest BCUT2D eigenvalue weighted by Gasteiger charge is -2.35. The van der Waals surface area contributed by atoms with Crippen molar-refractivity contribution in [3.63, 3.8) is 0 Å². The number of piperazine rings is 1. The number of carbonyl (C=O) groups excluding carboxylic acids is 1. The van der Waals surface area contributed by atoms with Crippen LogP contribution in [0.2, 0.25) is 0 Å². The predicted octanol–water partition coefficient (Wildman–Crippen LogP) is 1.70. The quantitative estimate of drug-likeness (QED) is 0.933. The van der Waals surface area contributed by atoms with Gasteiger partial charge in [-0.3, -0.25) is 9.89 Å². The molecular weight excluding hydrogens is 290 g/mol. The minimum atomic E-state index is 0.227. The molecule has 1 amide bonds. The van der Waals surface area contributed by atoms with Crippen LogP contribution in [0.3, 0.4) is 0 Å². The molecule has 0 unspecified atom stereocenters. The van der Waals surface area contributed by atoms with Crippen molar-refractivity contribution in [1.82, 2.24) is 20.1 Å². The Bertz CT molecular complexity index is 639. The Hall–Kier alpha value is -2.37. The summed E-state index contributed by atoms with van der Waals surface area (Å²) in [4.78, 5) is 21.0. The van der Waals surface area contributed by atoms with Gasteiger partial charge in [0, 0.05) is 44.5 Å². The average molecular weight is 313 g/mol. The molecule has 122 valence electrons. The first-order chi connectivity index (χ1) is 11.1. The largest absolute Gasteiger partial charge is 0.353 e. The van der Waals surface area contributed by atoms with Crippen LogP contribution in [0.25, 0.3) is 0 Å². The zero-order valence-electron chi connectivity index (χ0n) is 13.7. The molecule has 1 saturated heterocycles. The van der Waals surface area contributed by atoms with E-state index in [-0.39, 0.29) is 5.91 Å². The van der Waals surface area contributed by atoms with Crippen molar-refractivity contribution in [1.29, 1.82) is 0 Å². The van der Waals surface area contributed by atoms with Crippen LogP contribution in [0.1, 0.15) is 23.4 Å². The maximum Gasteiger partial charge on any atom is 0.223 e. The molecule has 3 rings (SSSR count). The number of aryl methyl sites for hydroxylation is 2. The zero-order valence-corrected chi connectivity index (χ0v) is 13.7. The molecule has 1 aliphatic heterocycles. The van der Waals surface area contributed by atoms with E-state index in [0.29, 0.717) is 6.42 Å². The lowest BCUT2D eigenvalue weighted by atomic mass is 10.1. The number of H-pyrrole nitrogens is 1. The van der Waals surface area contributed by atoms with Crippen LogP contribution in [0.5, 0.6) is 0 Å². The third-order valence-electron chi connectivity index (χ3n) is 4.48.